The zero-order valence-electron chi connectivity index (χ0n) is 10.1. The molecule has 0 saturated carbocycles. The molecule has 2 nitrogen and oxygen atoms in total. The molecule has 2 heteroatoms. The van der Waals surface area contributed by atoms with E-state index in [-0.39, 0.29) is 5.97 Å². The van der Waals surface area contributed by atoms with Crippen molar-refractivity contribution < 1.29 is 9.53 Å². The molecule has 86 valence electrons. The monoisotopic (exact) mass is 210 g/mol. The smallest absolute Gasteiger partial charge is 0.305 e. The third-order valence-corrected chi connectivity index (χ3v) is 2.32. The predicted octanol–water partition coefficient (Wildman–Crippen LogP) is 3.16. The lowest BCUT2D eigenvalue weighted by Gasteiger charge is -2.09. The molecule has 1 atom stereocenters. The van der Waals surface area contributed by atoms with E-state index < -0.39 is 0 Å². The minimum atomic E-state index is -0.0716. The van der Waals surface area contributed by atoms with Crippen molar-refractivity contribution >= 4 is 5.97 Å². The SMILES string of the molecule is CC#CCCCC(C)CCC(=O)OCC. The van der Waals surface area contributed by atoms with Crippen LogP contribution in [-0.2, 0) is 9.53 Å². The summed E-state index contributed by atoms with van der Waals surface area (Å²) in [6.45, 7) is 6.37. The van der Waals surface area contributed by atoms with Gasteiger partial charge in [-0.1, -0.05) is 6.92 Å². The van der Waals surface area contributed by atoms with Crippen LogP contribution >= 0.6 is 0 Å². The molecular formula is C13H22O2. The Morgan fingerprint density at radius 1 is 1.40 bits per heavy atom. The molecule has 0 aliphatic heterocycles. The zero-order chi connectivity index (χ0) is 11.5. The van der Waals surface area contributed by atoms with Crippen molar-refractivity contribution in [3.8, 4) is 11.8 Å². The summed E-state index contributed by atoms with van der Waals surface area (Å²) in [5.41, 5.74) is 0. The van der Waals surface area contributed by atoms with Crippen molar-refractivity contribution in [2.45, 2.75) is 52.9 Å². The van der Waals surface area contributed by atoms with Gasteiger partial charge in [-0.15, -0.1) is 11.8 Å². The lowest BCUT2D eigenvalue weighted by atomic mass is 9.99. The van der Waals surface area contributed by atoms with E-state index in [0.717, 1.165) is 25.7 Å². The Kier molecular flexibility index (Phi) is 8.96. The van der Waals surface area contributed by atoms with E-state index in [1.807, 2.05) is 13.8 Å². The number of ether oxygens (including phenoxy) is 1. The molecule has 0 spiro atoms. The number of hydrogen-bond acceptors (Lipinski definition) is 2. The van der Waals surface area contributed by atoms with Crippen molar-refractivity contribution in [2.75, 3.05) is 6.61 Å². The fourth-order valence-electron chi connectivity index (χ4n) is 1.41. The Hall–Kier alpha value is -0.970. The third-order valence-electron chi connectivity index (χ3n) is 2.32. The molecular weight excluding hydrogens is 188 g/mol. The second-order valence-corrected chi connectivity index (χ2v) is 3.77. The molecule has 0 heterocycles. The second-order valence-electron chi connectivity index (χ2n) is 3.77. The van der Waals surface area contributed by atoms with Crippen LogP contribution in [0.5, 0.6) is 0 Å². The van der Waals surface area contributed by atoms with E-state index in [2.05, 4.69) is 18.8 Å². The van der Waals surface area contributed by atoms with Crippen molar-refractivity contribution in [1.82, 2.24) is 0 Å². The molecule has 15 heavy (non-hydrogen) atoms. The summed E-state index contributed by atoms with van der Waals surface area (Å²) in [6.07, 6.45) is 4.73. The van der Waals surface area contributed by atoms with Crippen molar-refractivity contribution in [3.05, 3.63) is 0 Å². The van der Waals surface area contributed by atoms with Gasteiger partial charge in [0, 0.05) is 12.8 Å². The van der Waals surface area contributed by atoms with Gasteiger partial charge in [0.1, 0.15) is 0 Å². The highest BCUT2D eigenvalue weighted by atomic mass is 16.5. The maximum Gasteiger partial charge on any atom is 0.305 e. The van der Waals surface area contributed by atoms with Gasteiger partial charge < -0.3 is 4.74 Å². The molecule has 0 amide bonds. The molecule has 0 aliphatic rings. The molecule has 0 aromatic carbocycles. The van der Waals surface area contributed by atoms with Crippen LogP contribution in [0.3, 0.4) is 0 Å². The Balaban J connectivity index is 3.42. The molecule has 0 bridgehead atoms. The summed E-state index contributed by atoms with van der Waals surface area (Å²) in [5.74, 6) is 6.45. The van der Waals surface area contributed by atoms with Gasteiger partial charge in [0.2, 0.25) is 0 Å². The molecule has 0 aromatic heterocycles. The Bertz CT molecular complexity index is 222. The zero-order valence-corrected chi connectivity index (χ0v) is 10.1. The van der Waals surface area contributed by atoms with Crippen LogP contribution in [-0.4, -0.2) is 12.6 Å². The molecule has 0 N–H and O–H groups in total. The number of carbonyl (C=O) groups excluding carboxylic acids is 1. The van der Waals surface area contributed by atoms with Crippen molar-refractivity contribution in [1.29, 1.82) is 0 Å². The predicted molar refractivity (Wildman–Crippen MR) is 62.3 cm³/mol. The largest absolute Gasteiger partial charge is 0.466 e. The quantitative estimate of drug-likeness (QED) is 0.366. The summed E-state index contributed by atoms with van der Waals surface area (Å²) in [5, 5.41) is 0. The Morgan fingerprint density at radius 3 is 2.73 bits per heavy atom. The third kappa shape index (κ3) is 9.34. The highest BCUT2D eigenvalue weighted by Gasteiger charge is 2.06. The van der Waals surface area contributed by atoms with Crippen LogP contribution in [0.4, 0.5) is 0 Å². The average molecular weight is 210 g/mol. The molecule has 0 saturated heterocycles. The molecule has 0 aromatic rings. The summed E-state index contributed by atoms with van der Waals surface area (Å²) < 4.78 is 4.87. The first kappa shape index (κ1) is 14.0. The van der Waals surface area contributed by atoms with Crippen LogP contribution in [0, 0.1) is 17.8 Å². The second kappa shape index (κ2) is 9.58. The first-order valence-corrected chi connectivity index (χ1v) is 5.75. The van der Waals surface area contributed by atoms with Crippen LogP contribution in [0.25, 0.3) is 0 Å². The van der Waals surface area contributed by atoms with Crippen molar-refractivity contribution in [3.63, 3.8) is 0 Å². The van der Waals surface area contributed by atoms with Gasteiger partial charge in [0.15, 0.2) is 0 Å². The first-order valence-electron chi connectivity index (χ1n) is 5.75. The minimum absolute atomic E-state index is 0.0716. The lowest BCUT2D eigenvalue weighted by Crippen LogP contribution is -2.06. The summed E-state index contributed by atoms with van der Waals surface area (Å²) in [4.78, 5) is 11.1. The van der Waals surface area contributed by atoms with E-state index in [1.165, 1.54) is 0 Å². The van der Waals surface area contributed by atoms with Gasteiger partial charge in [0.05, 0.1) is 6.61 Å². The van der Waals surface area contributed by atoms with E-state index >= 15 is 0 Å². The molecule has 0 fully saturated rings. The van der Waals surface area contributed by atoms with Gasteiger partial charge in [-0.3, -0.25) is 4.79 Å². The van der Waals surface area contributed by atoms with E-state index in [1.54, 1.807) is 0 Å². The average Bonchev–Trinajstić information content (AvgIpc) is 2.22. The van der Waals surface area contributed by atoms with E-state index in [9.17, 15) is 4.79 Å². The van der Waals surface area contributed by atoms with E-state index in [4.69, 9.17) is 4.74 Å². The maximum atomic E-state index is 11.1. The number of esters is 1. The van der Waals surface area contributed by atoms with Gasteiger partial charge in [-0.25, -0.2) is 0 Å². The Morgan fingerprint density at radius 2 is 2.13 bits per heavy atom. The highest BCUT2D eigenvalue weighted by molar-refractivity contribution is 5.69. The Labute approximate surface area is 93.4 Å². The lowest BCUT2D eigenvalue weighted by molar-refractivity contribution is -0.143. The van der Waals surface area contributed by atoms with Crippen LogP contribution in [0.2, 0.25) is 0 Å². The first-order chi connectivity index (χ1) is 7.20. The van der Waals surface area contributed by atoms with Crippen molar-refractivity contribution in [2.24, 2.45) is 5.92 Å². The van der Waals surface area contributed by atoms with E-state index in [0.29, 0.717) is 18.9 Å². The minimum Gasteiger partial charge on any atom is -0.466 e. The van der Waals surface area contributed by atoms with Gasteiger partial charge in [-0.2, -0.15) is 0 Å². The van der Waals surface area contributed by atoms with Gasteiger partial charge in [-0.05, 0) is 39.0 Å². The van der Waals surface area contributed by atoms with Crippen LogP contribution in [0.1, 0.15) is 52.9 Å². The van der Waals surface area contributed by atoms with Gasteiger partial charge in [0.25, 0.3) is 0 Å². The fourth-order valence-corrected chi connectivity index (χ4v) is 1.41. The van der Waals surface area contributed by atoms with Gasteiger partial charge >= 0.3 is 5.97 Å². The summed E-state index contributed by atoms with van der Waals surface area (Å²) in [6, 6.07) is 0. The number of rotatable bonds is 7. The van der Waals surface area contributed by atoms with Crippen LogP contribution < -0.4 is 0 Å². The molecule has 0 rings (SSSR count). The summed E-state index contributed by atoms with van der Waals surface area (Å²) in [7, 11) is 0. The maximum absolute atomic E-state index is 11.1. The number of hydrogen-bond donors (Lipinski definition) is 0. The highest BCUT2D eigenvalue weighted by Crippen LogP contribution is 2.14. The number of carbonyl (C=O) groups is 1. The summed E-state index contributed by atoms with van der Waals surface area (Å²) >= 11 is 0. The topological polar surface area (TPSA) is 26.3 Å². The standard InChI is InChI=1S/C13H22O2/c1-4-6-7-8-9-12(3)10-11-13(14)15-5-2/h12H,5,7-11H2,1-3H3. The number of unbranched alkanes of at least 4 members (excludes halogenated alkanes) is 1. The fraction of sp³-hybridized carbons (Fsp3) is 0.769. The normalized spacial score (nSPS) is 11.4. The van der Waals surface area contributed by atoms with Crippen LogP contribution in [0.15, 0.2) is 0 Å². The molecule has 0 radical (unpaired) electrons. The molecule has 0 aliphatic carbocycles. The molecule has 1 unspecified atom stereocenters.